The van der Waals surface area contributed by atoms with E-state index in [9.17, 15) is 19.2 Å². The second-order valence-corrected chi connectivity index (χ2v) is 6.60. The fourth-order valence-electron chi connectivity index (χ4n) is 2.99. The van der Waals surface area contributed by atoms with Crippen LogP contribution in [0.25, 0.3) is 0 Å². The molecule has 0 saturated carbocycles. The first-order valence-electron chi connectivity index (χ1n) is 9.30. The third-order valence-corrected chi connectivity index (χ3v) is 4.59. The molecule has 1 aliphatic rings. The molecule has 0 spiro atoms. The van der Waals surface area contributed by atoms with Crippen LogP contribution in [0.2, 0.25) is 0 Å². The first kappa shape index (κ1) is 20.2. The minimum Gasteiger partial charge on any atom is -0.354 e. The third kappa shape index (κ3) is 4.67. The van der Waals surface area contributed by atoms with Gasteiger partial charge in [-0.25, -0.2) is 0 Å². The molecule has 0 atom stereocenters. The number of carbonyl (C=O) groups is 4. The minimum atomic E-state index is -0.464. The van der Waals surface area contributed by atoms with Gasteiger partial charge in [0.25, 0.3) is 17.7 Å². The van der Waals surface area contributed by atoms with Gasteiger partial charge in [0, 0.05) is 25.2 Å². The molecule has 8 nitrogen and oxygen atoms in total. The highest BCUT2D eigenvalue weighted by Gasteiger charge is 2.36. The van der Waals surface area contributed by atoms with Gasteiger partial charge >= 0.3 is 0 Å². The van der Waals surface area contributed by atoms with Gasteiger partial charge in [-0.15, -0.1) is 0 Å². The lowest BCUT2D eigenvalue weighted by Gasteiger charge is -2.13. The Labute approximate surface area is 168 Å². The number of nitrogens with two attached hydrogens (primary N) is 1. The fraction of sp³-hybridized carbons (Fsp3) is 0.238. The number of nitrogens with one attached hydrogen (secondary N) is 2. The molecule has 8 heteroatoms. The van der Waals surface area contributed by atoms with Gasteiger partial charge in [-0.2, -0.15) is 0 Å². The number of amides is 4. The Kier molecular flexibility index (Phi) is 6.36. The zero-order valence-corrected chi connectivity index (χ0v) is 15.8. The largest absolute Gasteiger partial charge is 0.354 e. The van der Waals surface area contributed by atoms with Crippen molar-refractivity contribution in [1.29, 1.82) is 0 Å². The van der Waals surface area contributed by atoms with Gasteiger partial charge in [0.05, 0.1) is 11.1 Å². The molecule has 2 aromatic carbocycles. The molecule has 0 fully saturated rings. The van der Waals surface area contributed by atoms with Gasteiger partial charge in [0.15, 0.2) is 0 Å². The quantitative estimate of drug-likeness (QED) is 0.449. The molecule has 0 aliphatic carbocycles. The van der Waals surface area contributed by atoms with Crippen molar-refractivity contribution in [3.8, 4) is 0 Å². The summed E-state index contributed by atoms with van der Waals surface area (Å²) in [4.78, 5) is 49.5. The maximum Gasteiger partial charge on any atom is 0.262 e. The summed E-state index contributed by atoms with van der Waals surface area (Å²) in [5.74, 6) is -1.56. The first-order chi connectivity index (χ1) is 14.0. The molecule has 150 valence electrons. The van der Waals surface area contributed by atoms with E-state index in [0.29, 0.717) is 42.7 Å². The summed E-state index contributed by atoms with van der Waals surface area (Å²) in [5, 5.41) is 5.42. The predicted molar refractivity (Wildman–Crippen MR) is 106 cm³/mol. The van der Waals surface area contributed by atoms with Gasteiger partial charge in [-0.3, -0.25) is 24.1 Å². The van der Waals surface area contributed by atoms with Gasteiger partial charge in [-0.05, 0) is 36.2 Å². The second-order valence-electron chi connectivity index (χ2n) is 6.60. The van der Waals surface area contributed by atoms with Crippen LogP contribution in [0.3, 0.4) is 0 Å². The Bertz CT molecular complexity index is 905. The van der Waals surface area contributed by atoms with Crippen molar-refractivity contribution in [3.05, 3.63) is 70.8 Å². The maximum absolute atomic E-state index is 12.2. The highest BCUT2D eigenvalue weighted by molar-refractivity contribution is 6.22. The molecule has 0 bridgehead atoms. The SMILES string of the molecule is NCc1ccc(C(=O)NCCCNC(=O)CN2C(=O)c3ccccc3C2=O)cc1. The lowest BCUT2D eigenvalue weighted by atomic mass is 10.1. The number of hydrogen-bond acceptors (Lipinski definition) is 5. The van der Waals surface area contributed by atoms with Gasteiger partial charge in [0.2, 0.25) is 5.91 Å². The van der Waals surface area contributed by atoms with E-state index >= 15 is 0 Å². The minimum absolute atomic E-state index is 0.203. The van der Waals surface area contributed by atoms with Crippen molar-refractivity contribution in [3.63, 3.8) is 0 Å². The lowest BCUT2D eigenvalue weighted by molar-refractivity contribution is -0.121. The molecule has 0 radical (unpaired) electrons. The zero-order valence-electron chi connectivity index (χ0n) is 15.8. The van der Waals surface area contributed by atoms with Gasteiger partial charge in [-0.1, -0.05) is 24.3 Å². The van der Waals surface area contributed by atoms with Crippen molar-refractivity contribution in [2.45, 2.75) is 13.0 Å². The van der Waals surface area contributed by atoms with Crippen LogP contribution in [0.4, 0.5) is 0 Å². The molecule has 3 rings (SSSR count). The Morgan fingerprint density at radius 1 is 0.862 bits per heavy atom. The Morgan fingerprint density at radius 3 is 2.03 bits per heavy atom. The summed E-state index contributed by atoms with van der Waals surface area (Å²) in [6.07, 6.45) is 0.514. The molecule has 0 unspecified atom stereocenters. The van der Waals surface area contributed by atoms with Gasteiger partial charge in [0.1, 0.15) is 6.54 Å². The van der Waals surface area contributed by atoms with E-state index in [1.54, 1.807) is 48.5 Å². The molecule has 1 heterocycles. The Hall–Kier alpha value is -3.52. The zero-order chi connectivity index (χ0) is 20.8. The summed E-state index contributed by atoms with van der Waals surface area (Å²) in [5.41, 5.74) is 7.64. The van der Waals surface area contributed by atoms with Crippen LogP contribution in [-0.2, 0) is 11.3 Å². The van der Waals surface area contributed by atoms with Crippen LogP contribution >= 0.6 is 0 Å². The van der Waals surface area contributed by atoms with Crippen LogP contribution in [0.5, 0.6) is 0 Å². The van der Waals surface area contributed by atoms with Crippen LogP contribution < -0.4 is 16.4 Å². The van der Waals surface area contributed by atoms with Crippen molar-refractivity contribution in [2.75, 3.05) is 19.6 Å². The third-order valence-electron chi connectivity index (χ3n) is 4.59. The van der Waals surface area contributed by atoms with Crippen LogP contribution in [-0.4, -0.2) is 48.2 Å². The highest BCUT2D eigenvalue weighted by atomic mass is 16.2. The molecule has 1 aliphatic heterocycles. The second kappa shape index (κ2) is 9.11. The van der Waals surface area contributed by atoms with E-state index in [1.807, 2.05) is 0 Å². The summed E-state index contributed by atoms with van der Waals surface area (Å²) in [7, 11) is 0. The van der Waals surface area contributed by atoms with Crippen molar-refractivity contribution >= 4 is 23.6 Å². The monoisotopic (exact) mass is 394 g/mol. The number of rotatable bonds is 8. The van der Waals surface area contributed by atoms with Gasteiger partial charge < -0.3 is 16.4 Å². The predicted octanol–water partition coefficient (Wildman–Crippen LogP) is 0.678. The molecule has 0 aromatic heterocycles. The molecule has 4 N–H and O–H groups in total. The summed E-state index contributed by atoms with van der Waals surface area (Å²) < 4.78 is 0. The molecular formula is C21H22N4O4. The van der Waals surface area contributed by atoms with Crippen LogP contribution in [0.1, 0.15) is 43.1 Å². The van der Waals surface area contributed by atoms with E-state index in [2.05, 4.69) is 10.6 Å². The van der Waals surface area contributed by atoms with Crippen molar-refractivity contribution < 1.29 is 19.2 Å². The van der Waals surface area contributed by atoms with E-state index in [1.165, 1.54) is 0 Å². The van der Waals surface area contributed by atoms with E-state index in [0.717, 1.165) is 10.5 Å². The van der Waals surface area contributed by atoms with Crippen LogP contribution in [0.15, 0.2) is 48.5 Å². The number of benzene rings is 2. The Morgan fingerprint density at radius 2 is 1.45 bits per heavy atom. The Balaban J connectivity index is 1.38. The highest BCUT2D eigenvalue weighted by Crippen LogP contribution is 2.21. The average Bonchev–Trinajstić information content (AvgIpc) is 2.98. The first-order valence-corrected chi connectivity index (χ1v) is 9.30. The van der Waals surface area contributed by atoms with Crippen LogP contribution in [0, 0.1) is 0 Å². The fourth-order valence-corrected chi connectivity index (χ4v) is 2.99. The average molecular weight is 394 g/mol. The number of imide groups is 1. The topological polar surface area (TPSA) is 122 Å². The van der Waals surface area contributed by atoms with E-state index in [4.69, 9.17) is 5.73 Å². The number of nitrogens with zero attached hydrogens (tertiary/aromatic N) is 1. The summed E-state index contributed by atoms with van der Waals surface area (Å²) >= 11 is 0. The number of hydrogen-bond donors (Lipinski definition) is 3. The van der Waals surface area contributed by atoms with E-state index < -0.39 is 17.7 Å². The van der Waals surface area contributed by atoms with Crippen molar-refractivity contribution in [1.82, 2.24) is 15.5 Å². The normalized spacial score (nSPS) is 12.7. The summed E-state index contributed by atoms with van der Waals surface area (Å²) in [6.45, 7) is 0.785. The smallest absolute Gasteiger partial charge is 0.262 e. The van der Waals surface area contributed by atoms with E-state index in [-0.39, 0.29) is 12.5 Å². The summed E-state index contributed by atoms with van der Waals surface area (Å²) in [6, 6.07) is 13.5. The molecular weight excluding hydrogens is 372 g/mol. The lowest BCUT2D eigenvalue weighted by Crippen LogP contribution is -2.41. The number of fused-ring (bicyclic) bond motifs is 1. The van der Waals surface area contributed by atoms with Crippen molar-refractivity contribution in [2.24, 2.45) is 5.73 Å². The molecule has 29 heavy (non-hydrogen) atoms. The maximum atomic E-state index is 12.2. The number of carbonyl (C=O) groups excluding carboxylic acids is 4. The molecule has 0 saturated heterocycles. The standard InChI is InChI=1S/C21H22N4O4/c22-12-14-6-8-15(9-7-14)19(27)24-11-3-10-23-18(26)13-25-20(28)16-4-1-2-5-17(16)21(25)29/h1-2,4-9H,3,10-13,22H2,(H,23,26)(H,24,27). The molecule has 2 aromatic rings. The molecule has 4 amide bonds.